The molecule has 118 valence electrons. The molecule has 20 heavy (non-hydrogen) atoms. The minimum absolute atomic E-state index is 0.137. The van der Waals surface area contributed by atoms with E-state index in [1.807, 2.05) is 27.0 Å². The number of rotatable bonds is 6. The second-order valence-electron chi connectivity index (χ2n) is 8.59. The van der Waals surface area contributed by atoms with Crippen molar-refractivity contribution in [2.45, 2.75) is 83.8 Å². The molecule has 0 atom stereocenters. The summed E-state index contributed by atoms with van der Waals surface area (Å²) in [6.07, 6.45) is 3.05. The third-order valence-corrected chi connectivity index (χ3v) is 11.6. The Morgan fingerprint density at radius 2 is 1.55 bits per heavy atom. The van der Waals surface area contributed by atoms with Crippen LogP contribution in [0.15, 0.2) is 4.99 Å². The number of carbonyl (C=O) groups excluding carboxylic acids is 1. The first-order valence-corrected chi connectivity index (χ1v) is 14.6. The zero-order valence-corrected chi connectivity index (χ0v) is 16.8. The van der Waals surface area contributed by atoms with Crippen molar-refractivity contribution in [3.63, 3.8) is 0 Å². The summed E-state index contributed by atoms with van der Waals surface area (Å²) in [6, 6.07) is 0. The highest BCUT2D eigenvalue weighted by atomic mass is 28.4. The van der Waals surface area contributed by atoms with E-state index in [0.717, 1.165) is 0 Å². The Labute approximate surface area is 127 Å². The smallest absolute Gasteiger partial charge is 0.306 e. The van der Waals surface area contributed by atoms with E-state index < -0.39 is 21.7 Å². The normalized spacial score (nSPS) is 14.1. The lowest BCUT2D eigenvalue weighted by molar-refractivity contribution is -0.154. The lowest BCUT2D eigenvalue weighted by Gasteiger charge is -2.35. The fraction of sp³-hybridized carbons (Fsp3) is 0.867. The zero-order chi connectivity index (χ0) is 16.2. The number of hydrogen-bond donors (Lipinski definition) is 0. The van der Waals surface area contributed by atoms with Gasteiger partial charge in [-0.15, -0.1) is 0 Å². The Morgan fingerprint density at radius 1 is 1.10 bits per heavy atom. The summed E-state index contributed by atoms with van der Waals surface area (Å²) in [5.41, 5.74) is -0.395. The van der Waals surface area contributed by atoms with Crippen LogP contribution in [0.1, 0.15) is 33.6 Å². The number of ether oxygens (including phenoxy) is 1. The molecular weight excluding hydrogens is 282 g/mol. The van der Waals surface area contributed by atoms with Gasteiger partial charge in [-0.05, 0) is 33.4 Å². The molecule has 0 aromatic rings. The Balaban J connectivity index is 4.45. The zero-order valence-electron chi connectivity index (χ0n) is 14.8. The van der Waals surface area contributed by atoms with Gasteiger partial charge in [-0.2, -0.15) is 0 Å². The van der Waals surface area contributed by atoms with Crippen LogP contribution in [0.3, 0.4) is 0 Å². The highest BCUT2D eigenvalue weighted by molar-refractivity contribution is 6.96. The van der Waals surface area contributed by atoms with E-state index in [1.54, 1.807) is 0 Å². The van der Waals surface area contributed by atoms with Gasteiger partial charge in [-0.25, -0.2) is 0 Å². The molecule has 0 heterocycles. The van der Waals surface area contributed by atoms with Crippen LogP contribution in [0.4, 0.5) is 0 Å². The highest BCUT2D eigenvalue weighted by Crippen LogP contribution is 2.22. The molecule has 0 spiro atoms. The molecule has 0 aliphatic heterocycles. The Morgan fingerprint density at radius 3 is 1.90 bits per heavy atom. The van der Waals surface area contributed by atoms with E-state index in [-0.39, 0.29) is 5.97 Å². The van der Waals surface area contributed by atoms with E-state index in [1.165, 1.54) is 0 Å². The molecule has 0 saturated heterocycles. The molecule has 0 rings (SSSR count). The van der Waals surface area contributed by atoms with Gasteiger partial charge in [0.2, 0.25) is 0 Å². The maximum absolute atomic E-state index is 11.6. The topological polar surface area (TPSA) is 38.7 Å². The van der Waals surface area contributed by atoms with Gasteiger partial charge in [-0.1, -0.05) is 39.3 Å². The average molecular weight is 316 g/mol. The molecule has 3 nitrogen and oxygen atoms in total. The van der Waals surface area contributed by atoms with Crippen LogP contribution in [0.5, 0.6) is 0 Å². The van der Waals surface area contributed by atoms with E-state index in [2.05, 4.69) is 39.3 Å². The number of aliphatic imine (C=N–C) groups is 1. The third kappa shape index (κ3) is 8.69. The van der Waals surface area contributed by atoms with E-state index in [9.17, 15) is 4.79 Å². The first kappa shape index (κ1) is 19.6. The van der Waals surface area contributed by atoms with Crippen molar-refractivity contribution in [2.75, 3.05) is 0 Å². The summed E-state index contributed by atoms with van der Waals surface area (Å²) in [5, 5.41) is 0.508. The minimum Gasteiger partial charge on any atom is -0.460 e. The molecule has 0 amide bonds. The summed E-state index contributed by atoms with van der Waals surface area (Å²) in [4.78, 5) is 16.5. The molecule has 0 aliphatic rings. The summed E-state index contributed by atoms with van der Waals surface area (Å²) < 4.78 is 5.30. The van der Waals surface area contributed by atoms with Gasteiger partial charge in [0.05, 0.1) is 22.6 Å². The summed E-state index contributed by atoms with van der Waals surface area (Å²) in [7, 11) is -2.58. The standard InChI is InChI=1S/C15H33NO2Si2/c1-15(2,3)18-13(17)11-10-12-16-14(19(4,5)6)20(7,8)9/h12,14H,10-11H2,1-9H3/b16-12+. The summed E-state index contributed by atoms with van der Waals surface area (Å²) in [6.45, 7) is 19.9. The number of nitrogens with zero attached hydrogens (tertiary/aromatic N) is 1. The lowest BCUT2D eigenvalue weighted by Crippen LogP contribution is -2.52. The molecule has 0 radical (unpaired) electrons. The lowest BCUT2D eigenvalue weighted by atomic mass is 10.2. The molecule has 0 aromatic heterocycles. The second-order valence-corrected chi connectivity index (χ2v) is 19.7. The summed E-state index contributed by atoms with van der Waals surface area (Å²) >= 11 is 0. The van der Waals surface area contributed by atoms with Crippen LogP contribution in [-0.2, 0) is 9.53 Å². The molecule has 0 aromatic carbocycles. The van der Waals surface area contributed by atoms with Crippen molar-refractivity contribution in [1.82, 2.24) is 0 Å². The highest BCUT2D eigenvalue weighted by Gasteiger charge is 2.36. The molecule has 0 fully saturated rings. The number of esters is 1. The fourth-order valence-corrected chi connectivity index (χ4v) is 14.0. The Bertz CT molecular complexity index is 332. The maximum Gasteiger partial charge on any atom is 0.306 e. The maximum atomic E-state index is 11.6. The fourth-order valence-electron chi connectivity index (χ4n) is 2.50. The Kier molecular flexibility index (Phi) is 6.88. The molecular formula is C15H33NO2Si2. The van der Waals surface area contributed by atoms with Crippen LogP contribution < -0.4 is 0 Å². The van der Waals surface area contributed by atoms with Gasteiger partial charge in [0.1, 0.15) is 5.60 Å². The van der Waals surface area contributed by atoms with Crippen molar-refractivity contribution in [3.8, 4) is 0 Å². The number of hydrogen-bond acceptors (Lipinski definition) is 3. The Hall–Kier alpha value is -0.426. The number of carbonyl (C=O) groups is 1. The van der Waals surface area contributed by atoms with Gasteiger partial charge >= 0.3 is 5.97 Å². The second kappa shape index (κ2) is 7.03. The minimum atomic E-state index is -1.29. The van der Waals surface area contributed by atoms with Gasteiger partial charge < -0.3 is 9.73 Å². The first-order chi connectivity index (χ1) is 8.73. The van der Waals surface area contributed by atoms with Crippen LogP contribution in [0, 0.1) is 0 Å². The van der Waals surface area contributed by atoms with Crippen molar-refractivity contribution < 1.29 is 9.53 Å². The SMILES string of the molecule is CC(C)(C)OC(=O)CC/C=N/C([Si](C)(C)C)[Si](C)(C)C. The van der Waals surface area contributed by atoms with Gasteiger partial charge in [0.25, 0.3) is 0 Å². The van der Waals surface area contributed by atoms with Crippen LogP contribution >= 0.6 is 0 Å². The predicted octanol–water partition coefficient (Wildman–Crippen LogP) is 4.30. The quantitative estimate of drug-likeness (QED) is 0.416. The van der Waals surface area contributed by atoms with Crippen molar-refractivity contribution in [2.24, 2.45) is 4.99 Å². The van der Waals surface area contributed by atoms with Crippen molar-refractivity contribution in [1.29, 1.82) is 0 Å². The van der Waals surface area contributed by atoms with Crippen molar-refractivity contribution >= 4 is 28.3 Å². The molecule has 5 heteroatoms. The molecule has 0 unspecified atom stereocenters. The van der Waals surface area contributed by atoms with Gasteiger partial charge in [0.15, 0.2) is 0 Å². The molecule has 0 saturated carbocycles. The van der Waals surface area contributed by atoms with Gasteiger partial charge in [0, 0.05) is 5.29 Å². The van der Waals surface area contributed by atoms with Crippen molar-refractivity contribution in [3.05, 3.63) is 0 Å². The van der Waals surface area contributed by atoms with Gasteiger partial charge in [-0.3, -0.25) is 4.79 Å². The predicted molar refractivity (Wildman–Crippen MR) is 94.1 cm³/mol. The van der Waals surface area contributed by atoms with E-state index >= 15 is 0 Å². The third-order valence-electron chi connectivity index (χ3n) is 2.79. The van der Waals surface area contributed by atoms with E-state index in [0.29, 0.717) is 18.1 Å². The van der Waals surface area contributed by atoms with E-state index in [4.69, 9.17) is 9.73 Å². The van der Waals surface area contributed by atoms with Crippen LogP contribution in [-0.4, -0.2) is 39.2 Å². The molecule has 0 bridgehead atoms. The average Bonchev–Trinajstić information content (AvgIpc) is 2.09. The molecule has 0 N–H and O–H groups in total. The molecule has 0 aliphatic carbocycles. The van der Waals surface area contributed by atoms with Crippen LogP contribution in [0.25, 0.3) is 0 Å². The van der Waals surface area contributed by atoms with Crippen LogP contribution in [0.2, 0.25) is 39.3 Å². The largest absolute Gasteiger partial charge is 0.460 e. The first-order valence-electron chi connectivity index (χ1n) is 7.47. The summed E-state index contributed by atoms with van der Waals surface area (Å²) in [5.74, 6) is -0.137. The monoisotopic (exact) mass is 315 g/mol.